The normalized spacial score (nSPS) is 10.2. The Hall–Kier alpha value is -0.500. The Balaban J connectivity index is 3.19. The molecule has 0 aromatic heterocycles. The lowest BCUT2D eigenvalue weighted by Gasteiger charge is -2.08. The number of hydrogen-bond donors (Lipinski definition) is 1. The van der Waals surface area contributed by atoms with E-state index in [1.807, 2.05) is 0 Å². The molecule has 1 nitrogen and oxygen atoms in total. The van der Waals surface area contributed by atoms with Crippen LogP contribution in [0.2, 0.25) is 0 Å². The summed E-state index contributed by atoms with van der Waals surface area (Å²) >= 11 is 3.44. The van der Waals surface area contributed by atoms with E-state index >= 15 is 0 Å². The van der Waals surface area contributed by atoms with E-state index in [4.69, 9.17) is 5.73 Å². The van der Waals surface area contributed by atoms with E-state index < -0.39 is 0 Å². The quantitative estimate of drug-likeness (QED) is 0.611. The van der Waals surface area contributed by atoms with Gasteiger partial charge in [0.1, 0.15) is 0 Å². The second-order valence-electron chi connectivity index (χ2n) is 2.97. The molecule has 1 rings (SSSR count). The Kier molecular flexibility index (Phi) is 3.15. The lowest BCUT2D eigenvalue weighted by molar-refractivity contribution is 1.12. The Morgan fingerprint density at radius 2 is 2.08 bits per heavy atom. The third-order valence-corrected chi connectivity index (χ3v) is 2.72. The number of halogens is 1. The molecule has 0 radical (unpaired) electrons. The second-order valence-corrected chi connectivity index (χ2v) is 3.53. The zero-order valence-corrected chi connectivity index (χ0v) is 9.11. The lowest BCUT2D eigenvalue weighted by atomic mass is 10.0. The van der Waals surface area contributed by atoms with Gasteiger partial charge in [0.05, 0.1) is 0 Å². The summed E-state index contributed by atoms with van der Waals surface area (Å²) in [5.41, 5.74) is 10.6. The number of alkyl halides is 1. The number of anilines is 1. The minimum atomic E-state index is 0.904. The molecule has 0 aliphatic carbocycles. The van der Waals surface area contributed by atoms with Crippen molar-refractivity contribution in [2.45, 2.75) is 25.6 Å². The molecule has 0 heterocycles. The highest BCUT2D eigenvalue weighted by molar-refractivity contribution is 9.08. The Morgan fingerprint density at radius 3 is 2.58 bits per heavy atom. The maximum atomic E-state index is 5.90. The SMILES string of the molecule is CCc1cc(CBr)cc(C)c1N. The number of rotatable bonds is 2. The van der Waals surface area contributed by atoms with E-state index in [1.54, 1.807) is 0 Å². The van der Waals surface area contributed by atoms with E-state index in [2.05, 4.69) is 41.9 Å². The van der Waals surface area contributed by atoms with Crippen molar-refractivity contribution < 1.29 is 0 Å². The summed E-state index contributed by atoms with van der Waals surface area (Å²) in [4.78, 5) is 0. The fraction of sp³-hybridized carbons (Fsp3) is 0.400. The fourth-order valence-corrected chi connectivity index (χ4v) is 1.65. The molecular weight excluding hydrogens is 214 g/mol. The number of benzene rings is 1. The van der Waals surface area contributed by atoms with Crippen molar-refractivity contribution in [3.05, 3.63) is 28.8 Å². The predicted molar refractivity (Wildman–Crippen MR) is 57.6 cm³/mol. The smallest absolute Gasteiger partial charge is 0.0376 e. The molecule has 1 aromatic rings. The molecule has 0 fully saturated rings. The van der Waals surface area contributed by atoms with Gasteiger partial charge in [-0.3, -0.25) is 0 Å². The summed E-state index contributed by atoms with van der Waals surface area (Å²) in [6.45, 7) is 4.18. The number of hydrogen-bond acceptors (Lipinski definition) is 1. The third kappa shape index (κ3) is 1.81. The molecular formula is C10H14BrN. The maximum absolute atomic E-state index is 5.90. The molecule has 0 aliphatic heterocycles. The second kappa shape index (κ2) is 3.94. The van der Waals surface area contributed by atoms with Crippen molar-refractivity contribution in [1.82, 2.24) is 0 Å². The minimum absolute atomic E-state index is 0.904. The van der Waals surface area contributed by atoms with Crippen LogP contribution < -0.4 is 5.73 Å². The lowest BCUT2D eigenvalue weighted by Crippen LogP contribution is -1.97. The standard InChI is InChI=1S/C10H14BrN/c1-3-9-5-8(6-11)4-7(2)10(9)12/h4-5H,3,6,12H2,1-2H3. The minimum Gasteiger partial charge on any atom is -0.398 e. The van der Waals surface area contributed by atoms with Crippen LogP contribution in [-0.2, 0) is 11.8 Å². The Labute approximate surface area is 82.1 Å². The van der Waals surface area contributed by atoms with Crippen molar-refractivity contribution in [1.29, 1.82) is 0 Å². The van der Waals surface area contributed by atoms with E-state index in [0.717, 1.165) is 17.4 Å². The molecule has 1 aromatic carbocycles. The molecule has 0 saturated heterocycles. The van der Waals surface area contributed by atoms with Gasteiger partial charge in [-0.2, -0.15) is 0 Å². The van der Waals surface area contributed by atoms with Gasteiger partial charge in [0.25, 0.3) is 0 Å². The predicted octanol–water partition coefficient (Wildman–Crippen LogP) is 3.03. The topological polar surface area (TPSA) is 26.0 Å². The maximum Gasteiger partial charge on any atom is 0.0376 e. The zero-order chi connectivity index (χ0) is 9.14. The van der Waals surface area contributed by atoms with Crippen molar-refractivity contribution in [2.75, 3.05) is 5.73 Å². The summed E-state index contributed by atoms with van der Waals surface area (Å²) in [5.74, 6) is 0. The van der Waals surface area contributed by atoms with Crippen molar-refractivity contribution in [2.24, 2.45) is 0 Å². The Bertz CT molecular complexity index is 281. The van der Waals surface area contributed by atoms with Crippen LogP contribution in [0.25, 0.3) is 0 Å². The van der Waals surface area contributed by atoms with Crippen LogP contribution in [0.15, 0.2) is 12.1 Å². The van der Waals surface area contributed by atoms with Crippen LogP contribution in [0.3, 0.4) is 0 Å². The fourth-order valence-electron chi connectivity index (χ4n) is 1.32. The van der Waals surface area contributed by atoms with Gasteiger partial charge < -0.3 is 5.73 Å². The van der Waals surface area contributed by atoms with Gasteiger partial charge in [0.15, 0.2) is 0 Å². The molecule has 0 amide bonds. The highest BCUT2D eigenvalue weighted by Gasteiger charge is 2.02. The van der Waals surface area contributed by atoms with E-state index in [0.29, 0.717) is 0 Å². The largest absolute Gasteiger partial charge is 0.398 e. The van der Waals surface area contributed by atoms with Gasteiger partial charge in [0, 0.05) is 11.0 Å². The molecule has 0 saturated carbocycles. The first-order valence-electron chi connectivity index (χ1n) is 4.12. The van der Waals surface area contributed by atoms with Gasteiger partial charge in [-0.1, -0.05) is 35.0 Å². The molecule has 12 heavy (non-hydrogen) atoms. The summed E-state index contributed by atoms with van der Waals surface area (Å²) in [7, 11) is 0. The van der Waals surface area contributed by atoms with E-state index in [1.165, 1.54) is 16.7 Å². The molecule has 0 bridgehead atoms. The molecule has 0 atom stereocenters. The Morgan fingerprint density at radius 1 is 1.42 bits per heavy atom. The third-order valence-electron chi connectivity index (χ3n) is 2.07. The van der Waals surface area contributed by atoms with Gasteiger partial charge in [-0.25, -0.2) is 0 Å². The number of nitrogen functional groups attached to an aromatic ring is 1. The van der Waals surface area contributed by atoms with Gasteiger partial charge >= 0.3 is 0 Å². The molecule has 2 heteroatoms. The van der Waals surface area contributed by atoms with Crippen molar-refractivity contribution in [3.63, 3.8) is 0 Å². The van der Waals surface area contributed by atoms with Crippen LogP contribution in [0.5, 0.6) is 0 Å². The first-order valence-corrected chi connectivity index (χ1v) is 5.25. The van der Waals surface area contributed by atoms with Crippen LogP contribution in [0.1, 0.15) is 23.6 Å². The number of nitrogens with two attached hydrogens (primary N) is 1. The van der Waals surface area contributed by atoms with E-state index in [9.17, 15) is 0 Å². The van der Waals surface area contributed by atoms with E-state index in [-0.39, 0.29) is 0 Å². The van der Waals surface area contributed by atoms with Crippen LogP contribution in [-0.4, -0.2) is 0 Å². The summed E-state index contributed by atoms with van der Waals surface area (Å²) in [6, 6.07) is 4.29. The van der Waals surface area contributed by atoms with Crippen molar-refractivity contribution in [3.8, 4) is 0 Å². The summed E-state index contributed by atoms with van der Waals surface area (Å²) in [5, 5.41) is 0.904. The molecule has 2 N–H and O–H groups in total. The first kappa shape index (κ1) is 9.59. The molecule has 0 spiro atoms. The van der Waals surface area contributed by atoms with Gasteiger partial charge in [0.2, 0.25) is 0 Å². The van der Waals surface area contributed by atoms with Gasteiger partial charge in [-0.05, 0) is 30.0 Å². The molecule has 66 valence electrons. The molecule has 0 unspecified atom stereocenters. The summed E-state index contributed by atoms with van der Waals surface area (Å²) in [6.07, 6.45) is 1.01. The molecule has 0 aliphatic rings. The van der Waals surface area contributed by atoms with Gasteiger partial charge in [-0.15, -0.1) is 0 Å². The first-order chi connectivity index (χ1) is 5.69. The average Bonchev–Trinajstić information content (AvgIpc) is 2.09. The highest BCUT2D eigenvalue weighted by atomic mass is 79.9. The van der Waals surface area contributed by atoms with Crippen LogP contribution >= 0.6 is 15.9 Å². The highest BCUT2D eigenvalue weighted by Crippen LogP contribution is 2.21. The monoisotopic (exact) mass is 227 g/mol. The number of aryl methyl sites for hydroxylation is 2. The van der Waals surface area contributed by atoms with Crippen molar-refractivity contribution >= 4 is 21.6 Å². The zero-order valence-electron chi connectivity index (χ0n) is 7.52. The average molecular weight is 228 g/mol. The van der Waals surface area contributed by atoms with Crippen LogP contribution in [0, 0.1) is 6.92 Å². The summed E-state index contributed by atoms with van der Waals surface area (Å²) < 4.78 is 0. The van der Waals surface area contributed by atoms with Crippen LogP contribution in [0.4, 0.5) is 5.69 Å².